The number of fused-ring (bicyclic) bond motifs is 4. The van der Waals surface area contributed by atoms with Gasteiger partial charge in [-0.3, -0.25) is 14.4 Å². The maximum absolute atomic E-state index is 12.7. The molecule has 8 nitrogen and oxygen atoms in total. The summed E-state index contributed by atoms with van der Waals surface area (Å²) in [4.78, 5) is 41.9. The van der Waals surface area contributed by atoms with Gasteiger partial charge in [0.25, 0.3) is 5.91 Å². The molecule has 4 saturated heterocycles. The molecule has 1 aromatic carbocycles. The van der Waals surface area contributed by atoms with Crippen molar-refractivity contribution in [2.24, 2.45) is 5.92 Å². The molecule has 5 aliphatic heterocycles. The minimum Gasteiger partial charge on any atom is -0.467 e. The van der Waals surface area contributed by atoms with Gasteiger partial charge in [0, 0.05) is 38.4 Å². The molecule has 2 unspecified atom stereocenters. The topological polar surface area (TPSA) is 91.0 Å². The lowest BCUT2D eigenvalue weighted by Gasteiger charge is -2.45. The van der Waals surface area contributed by atoms with Gasteiger partial charge in [-0.1, -0.05) is 12.1 Å². The molecule has 0 aliphatic carbocycles. The number of ether oxygens (including phenoxy) is 1. The summed E-state index contributed by atoms with van der Waals surface area (Å²) in [7, 11) is 0. The Morgan fingerprint density at radius 1 is 1.17 bits per heavy atom. The molecule has 30 heavy (non-hydrogen) atoms. The zero-order valence-electron chi connectivity index (χ0n) is 17.1. The van der Waals surface area contributed by atoms with Gasteiger partial charge in [-0.05, 0) is 44.0 Å². The van der Waals surface area contributed by atoms with Crippen LogP contribution in [0.5, 0.6) is 5.75 Å². The number of likely N-dealkylation sites (tertiary alicyclic amines) is 1. The van der Waals surface area contributed by atoms with E-state index in [2.05, 4.69) is 15.5 Å². The van der Waals surface area contributed by atoms with Crippen LogP contribution in [0.25, 0.3) is 0 Å². The molecule has 6 rings (SSSR count). The number of piperidine rings is 3. The third-order valence-electron chi connectivity index (χ3n) is 7.00. The molecular weight excluding hydrogens is 384 g/mol. The number of nitrogens with zero attached hydrogens (tertiary/aromatic N) is 2. The van der Waals surface area contributed by atoms with Crippen molar-refractivity contribution < 1.29 is 19.1 Å². The van der Waals surface area contributed by atoms with Crippen molar-refractivity contribution in [3.63, 3.8) is 0 Å². The molecule has 5 aliphatic rings. The van der Waals surface area contributed by atoms with E-state index >= 15 is 0 Å². The average Bonchev–Trinajstić information content (AvgIpc) is 2.89. The second-order valence-electron chi connectivity index (χ2n) is 8.92. The van der Waals surface area contributed by atoms with Gasteiger partial charge < -0.3 is 25.2 Å². The van der Waals surface area contributed by atoms with Crippen molar-refractivity contribution in [1.29, 1.82) is 0 Å². The number of carbonyl (C=O) groups excluding carboxylic acids is 3. The molecule has 5 heterocycles. The van der Waals surface area contributed by atoms with Gasteiger partial charge in [0.15, 0.2) is 5.72 Å². The first-order chi connectivity index (χ1) is 14.5. The molecular formula is C22H28N4O4. The molecule has 4 fully saturated rings. The largest absolute Gasteiger partial charge is 0.467 e. The highest BCUT2D eigenvalue weighted by Crippen LogP contribution is 2.33. The lowest BCUT2D eigenvalue weighted by molar-refractivity contribution is -0.136. The van der Waals surface area contributed by atoms with Crippen LogP contribution in [0.1, 0.15) is 42.5 Å². The predicted octanol–water partition coefficient (Wildman–Crippen LogP) is 0.728. The maximum atomic E-state index is 12.7. The van der Waals surface area contributed by atoms with Gasteiger partial charge in [0.05, 0.1) is 12.1 Å². The molecule has 160 valence electrons. The van der Waals surface area contributed by atoms with Crippen molar-refractivity contribution in [3.05, 3.63) is 29.8 Å². The second kappa shape index (κ2) is 7.58. The summed E-state index contributed by atoms with van der Waals surface area (Å²) in [6.45, 7) is 3.58. The van der Waals surface area contributed by atoms with E-state index in [1.165, 1.54) is 0 Å². The van der Waals surface area contributed by atoms with Crippen molar-refractivity contribution in [2.45, 2.75) is 43.9 Å². The van der Waals surface area contributed by atoms with Gasteiger partial charge in [-0.25, -0.2) is 0 Å². The summed E-state index contributed by atoms with van der Waals surface area (Å²) in [5.41, 5.74) is -0.394. The molecule has 8 heteroatoms. The average molecular weight is 412 g/mol. The van der Waals surface area contributed by atoms with Crippen LogP contribution in [-0.4, -0.2) is 72.0 Å². The predicted molar refractivity (Wildman–Crippen MR) is 109 cm³/mol. The van der Waals surface area contributed by atoms with E-state index in [9.17, 15) is 14.4 Å². The number of nitrogens with one attached hydrogen (secondary N) is 2. The van der Waals surface area contributed by atoms with Gasteiger partial charge in [-0.2, -0.15) is 0 Å². The molecule has 3 amide bonds. The highest BCUT2D eigenvalue weighted by molar-refractivity contribution is 5.98. The van der Waals surface area contributed by atoms with Crippen LogP contribution in [0.3, 0.4) is 0 Å². The zero-order valence-corrected chi connectivity index (χ0v) is 17.1. The lowest BCUT2D eigenvalue weighted by atomic mass is 9.84. The first kappa shape index (κ1) is 19.4. The minimum atomic E-state index is -0.901. The fourth-order valence-electron chi connectivity index (χ4n) is 5.23. The van der Waals surface area contributed by atoms with E-state index in [1.807, 2.05) is 6.07 Å². The summed E-state index contributed by atoms with van der Waals surface area (Å²) in [5, 5.41) is 6.11. The van der Waals surface area contributed by atoms with E-state index in [4.69, 9.17) is 4.74 Å². The lowest BCUT2D eigenvalue weighted by Crippen LogP contribution is -2.58. The highest BCUT2D eigenvalue weighted by Gasteiger charge is 2.43. The summed E-state index contributed by atoms with van der Waals surface area (Å²) < 4.78 is 6.15. The van der Waals surface area contributed by atoms with Crippen molar-refractivity contribution >= 4 is 17.7 Å². The van der Waals surface area contributed by atoms with E-state index in [1.54, 1.807) is 23.1 Å². The van der Waals surface area contributed by atoms with Gasteiger partial charge >= 0.3 is 0 Å². The van der Waals surface area contributed by atoms with Crippen molar-refractivity contribution in [3.8, 4) is 5.75 Å². The summed E-state index contributed by atoms with van der Waals surface area (Å²) in [5.74, 6) is 0.734. The van der Waals surface area contributed by atoms with Gasteiger partial charge in [0.1, 0.15) is 5.75 Å². The van der Waals surface area contributed by atoms with Gasteiger partial charge in [-0.15, -0.1) is 0 Å². The number of carbonyl (C=O) groups is 3. The Bertz CT molecular complexity index is 866. The molecule has 2 N–H and O–H groups in total. The number of hydrogen-bond acceptors (Lipinski definition) is 5. The Morgan fingerprint density at radius 2 is 1.97 bits per heavy atom. The fraction of sp³-hybridized carbons (Fsp3) is 0.591. The van der Waals surface area contributed by atoms with Crippen LogP contribution in [0.15, 0.2) is 24.3 Å². The molecule has 0 aromatic heterocycles. The first-order valence-electron chi connectivity index (χ1n) is 10.9. The van der Waals surface area contributed by atoms with E-state index in [0.717, 1.165) is 32.5 Å². The van der Waals surface area contributed by atoms with Crippen molar-refractivity contribution in [1.82, 2.24) is 20.4 Å². The molecule has 1 aromatic rings. The van der Waals surface area contributed by atoms with Crippen LogP contribution < -0.4 is 15.4 Å². The first-order valence-corrected chi connectivity index (χ1v) is 10.9. The fourth-order valence-corrected chi connectivity index (χ4v) is 5.23. The Hall–Kier alpha value is -2.61. The number of amides is 3. The van der Waals surface area contributed by atoms with Crippen LogP contribution in [-0.2, 0) is 9.59 Å². The van der Waals surface area contributed by atoms with E-state index in [0.29, 0.717) is 36.6 Å². The third kappa shape index (κ3) is 3.64. The standard InChI is InChI=1S/C22H28N4O4/c27-19(23-17-13-25-10-6-15(17)7-11-25)14-26-12-9-22(8-5-20(26)28)24-21(29)16-3-1-2-4-18(16)30-22/h1-4,15,17H,5-14H2,(H,23,27)(H,24,29). The Morgan fingerprint density at radius 3 is 2.73 bits per heavy atom. The zero-order chi connectivity index (χ0) is 20.7. The number of benzene rings is 1. The quantitative estimate of drug-likeness (QED) is 0.764. The SMILES string of the molecule is O=C(CN1CCC2(CCC1=O)NC(=O)c1ccccc1O2)NC1CN2CCC1CC2. The van der Waals surface area contributed by atoms with Crippen molar-refractivity contribution in [2.75, 3.05) is 32.7 Å². The van der Waals surface area contributed by atoms with Crippen LogP contribution in [0, 0.1) is 5.92 Å². The van der Waals surface area contributed by atoms with Crippen LogP contribution >= 0.6 is 0 Å². The number of rotatable bonds is 3. The van der Waals surface area contributed by atoms with E-state index in [-0.39, 0.29) is 36.7 Å². The molecule has 1 spiro atoms. The van der Waals surface area contributed by atoms with E-state index < -0.39 is 5.72 Å². The summed E-state index contributed by atoms with van der Waals surface area (Å²) >= 11 is 0. The molecule has 2 bridgehead atoms. The Balaban J connectivity index is 1.22. The monoisotopic (exact) mass is 412 g/mol. The molecule has 0 saturated carbocycles. The summed E-state index contributed by atoms with van der Waals surface area (Å²) in [6.07, 6.45) is 3.34. The van der Waals surface area contributed by atoms with Crippen LogP contribution in [0.4, 0.5) is 0 Å². The van der Waals surface area contributed by atoms with Crippen LogP contribution in [0.2, 0.25) is 0 Å². The Labute approximate surface area is 175 Å². The molecule has 0 radical (unpaired) electrons. The normalized spacial score (nSPS) is 32.8. The Kier molecular flexibility index (Phi) is 4.89. The second-order valence-corrected chi connectivity index (χ2v) is 8.92. The van der Waals surface area contributed by atoms with Gasteiger partial charge in [0.2, 0.25) is 11.8 Å². The highest BCUT2D eigenvalue weighted by atomic mass is 16.5. The molecule has 2 atom stereocenters. The smallest absolute Gasteiger partial charge is 0.258 e. The maximum Gasteiger partial charge on any atom is 0.258 e. The summed E-state index contributed by atoms with van der Waals surface area (Å²) in [6, 6.07) is 7.32. The third-order valence-corrected chi connectivity index (χ3v) is 7.00. The number of hydrogen-bond donors (Lipinski definition) is 2. The number of para-hydroxylation sites is 1. The minimum absolute atomic E-state index is 0.0582.